The Morgan fingerprint density at radius 3 is 2.73 bits per heavy atom. The standard InChI is InChI=1S/C15H19N3O3S/c1-4-10(2)16-13(19)9-22-15-18-17-14(21-15)11-5-7-12(20-3)8-6-11/h5-8,10H,4,9H2,1-3H3,(H,16,19)/t10-/m1/s1. The van der Waals surface area contributed by atoms with Gasteiger partial charge in [0.15, 0.2) is 0 Å². The Labute approximate surface area is 133 Å². The van der Waals surface area contributed by atoms with E-state index >= 15 is 0 Å². The number of aromatic nitrogens is 2. The van der Waals surface area contributed by atoms with Crippen LogP contribution in [-0.2, 0) is 4.79 Å². The first kappa shape index (κ1) is 16.4. The molecule has 1 amide bonds. The SMILES string of the molecule is CC[C@@H](C)NC(=O)CSc1nnc(-c2ccc(OC)cc2)o1. The van der Waals surface area contributed by atoms with Crippen molar-refractivity contribution in [3.63, 3.8) is 0 Å². The molecule has 1 aromatic heterocycles. The number of carbonyl (C=O) groups excluding carboxylic acids is 1. The minimum absolute atomic E-state index is 0.0384. The Morgan fingerprint density at radius 2 is 2.09 bits per heavy atom. The van der Waals surface area contributed by atoms with Gasteiger partial charge in [-0.05, 0) is 37.6 Å². The van der Waals surface area contributed by atoms with Crippen LogP contribution in [0.4, 0.5) is 0 Å². The van der Waals surface area contributed by atoms with Crippen LogP contribution in [0.5, 0.6) is 5.75 Å². The minimum Gasteiger partial charge on any atom is -0.497 e. The van der Waals surface area contributed by atoms with Gasteiger partial charge in [-0.1, -0.05) is 18.7 Å². The summed E-state index contributed by atoms with van der Waals surface area (Å²) in [6.45, 7) is 3.99. The van der Waals surface area contributed by atoms with E-state index < -0.39 is 0 Å². The maximum absolute atomic E-state index is 11.7. The predicted octanol–water partition coefficient (Wildman–Crippen LogP) is 2.75. The summed E-state index contributed by atoms with van der Waals surface area (Å²) in [7, 11) is 1.61. The maximum Gasteiger partial charge on any atom is 0.277 e. The van der Waals surface area contributed by atoms with Crippen LogP contribution in [0.25, 0.3) is 11.5 Å². The number of ether oxygens (including phenoxy) is 1. The van der Waals surface area contributed by atoms with E-state index in [2.05, 4.69) is 15.5 Å². The van der Waals surface area contributed by atoms with Gasteiger partial charge < -0.3 is 14.5 Å². The number of benzene rings is 1. The molecule has 0 unspecified atom stereocenters. The topological polar surface area (TPSA) is 77.2 Å². The lowest BCUT2D eigenvalue weighted by Gasteiger charge is -2.09. The van der Waals surface area contributed by atoms with Crippen molar-refractivity contribution in [2.75, 3.05) is 12.9 Å². The predicted molar refractivity (Wildman–Crippen MR) is 84.9 cm³/mol. The zero-order valence-corrected chi connectivity index (χ0v) is 13.6. The fourth-order valence-electron chi connectivity index (χ4n) is 1.66. The second-order valence-electron chi connectivity index (χ2n) is 4.77. The van der Waals surface area contributed by atoms with Crippen molar-refractivity contribution >= 4 is 17.7 Å². The minimum atomic E-state index is -0.0384. The molecular formula is C15H19N3O3S. The lowest BCUT2D eigenvalue weighted by Crippen LogP contribution is -2.33. The summed E-state index contributed by atoms with van der Waals surface area (Å²) in [6, 6.07) is 7.51. The molecule has 0 radical (unpaired) electrons. The molecule has 2 rings (SSSR count). The first-order valence-corrected chi connectivity index (χ1v) is 8.01. The molecule has 7 heteroatoms. The van der Waals surface area contributed by atoms with Gasteiger partial charge in [0.1, 0.15) is 5.75 Å². The molecule has 22 heavy (non-hydrogen) atoms. The molecule has 0 spiro atoms. The number of methoxy groups -OCH3 is 1. The summed E-state index contributed by atoms with van der Waals surface area (Å²) >= 11 is 1.23. The maximum atomic E-state index is 11.7. The summed E-state index contributed by atoms with van der Waals surface area (Å²) in [5.41, 5.74) is 0.809. The van der Waals surface area contributed by atoms with Crippen molar-refractivity contribution in [1.82, 2.24) is 15.5 Å². The van der Waals surface area contributed by atoms with Crippen LogP contribution in [0, 0.1) is 0 Å². The molecule has 6 nitrogen and oxygen atoms in total. The van der Waals surface area contributed by atoms with Gasteiger partial charge in [-0.3, -0.25) is 4.79 Å². The van der Waals surface area contributed by atoms with E-state index in [0.29, 0.717) is 11.1 Å². The van der Waals surface area contributed by atoms with Crippen molar-refractivity contribution in [2.45, 2.75) is 31.5 Å². The van der Waals surface area contributed by atoms with Gasteiger partial charge in [0.05, 0.1) is 12.9 Å². The first-order chi connectivity index (χ1) is 10.6. The summed E-state index contributed by atoms with van der Waals surface area (Å²) in [5.74, 6) is 1.41. The van der Waals surface area contributed by atoms with Crippen LogP contribution >= 0.6 is 11.8 Å². The zero-order chi connectivity index (χ0) is 15.9. The molecule has 1 N–H and O–H groups in total. The van der Waals surface area contributed by atoms with Gasteiger partial charge in [0.25, 0.3) is 5.22 Å². The highest BCUT2D eigenvalue weighted by Gasteiger charge is 2.12. The summed E-state index contributed by atoms with van der Waals surface area (Å²) < 4.78 is 10.6. The van der Waals surface area contributed by atoms with E-state index in [-0.39, 0.29) is 17.7 Å². The number of nitrogens with one attached hydrogen (secondary N) is 1. The molecule has 0 aliphatic rings. The van der Waals surface area contributed by atoms with Gasteiger partial charge in [0, 0.05) is 11.6 Å². The van der Waals surface area contributed by atoms with E-state index in [4.69, 9.17) is 9.15 Å². The van der Waals surface area contributed by atoms with Crippen LogP contribution in [0.1, 0.15) is 20.3 Å². The van der Waals surface area contributed by atoms with Gasteiger partial charge in [-0.2, -0.15) is 0 Å². The average molecular weight is 321 g/mol. The first-order valence-electron chi connectivity index (χ1n) is 7.02. The number of thioether (sulfide) groups is 1. The normalized spacial score (nSPS) is 12.0. The van der Waals surface area contributed by atoms with Gasteiger partial charge >= 0.3 is 0 Å². The van der Waals surface area contributed by atoms with E-state index in [1.807, 2.05) is 38.1 Å². The van der Waals surface area contributed by atoms with E-state index in [0.717, 1.165) is 17.7 Å². The Balaban J connectivity index is 1.92. The molecule has 0 saturated heterocycles. The lowest BCUT2D eigenvalue weighted by molar-refractivity contribution is -0.119. The van der Waals surface area contributed by atoms with Crippen molar-refractivity contribution in [3.8, 4) is 17.2 Å². The number of hydrogen-bond acceptors (Lipinski definition) is 6. The van der Waals surface area contributed by atoms with Crippen LogP contribution in [0.15, 0.2) is 33.9 Å². The number of hydrogen-bond donors (Lipinski definition) is 1. The Bertz CT molecular complexity index is 613. The molecular weight excluding hydrogens is 302 g/mol. The number of amides is 1. The molecule has 0 fully saturated rings. The highest BCUT2D eigenvalue weighted by molar-refractivity contribution is 7.99. The highest BCUT2D eigenvalue weighted by atomic mass is 32.2. The van der Waals surface area contributed by atoms with Gasteiger partial charge in [-0.25, -0.2) is 0 Å². The van der Waals surface area contributed by atoms with Gasteiger partial charge in [0.2, 0.25) is 11.8 Å². The van der Waals surface area contributed by atoms with E-state index in [1.54, 1.807) is 7.11 Å². The third kappa shape index (κ3) is 4.49. The Morgan fingerprint density at radius 1 is 1.36 bits per heavy atom. The molecule has 1 atom stereocenters. The molecule has 1 aromatic carbocycles. The largest absolute Gasteiger partial charge is 0.497 e. The lowest BCUT2D eigenvalue weighted by atomic mass is 10.2. The number of rotatable bonds is 7. The van der Waals surface area contributed by atoms with E-state index in [9.17, 15) is 4.79 Å². The molecule has 0 saturated carbocycles. The highest BCUT2D eigenvalue weighted by Crippen LogP contribution is 2.24. The fraction of sp³-hybridized carbons (Fsp3) is 0.400. The monoisotopic (exact) mass is 321 g/mol. The summed E-state index contributed by atoms with van der Waals surface area (Å²) in [4.78, 5) is 11.7. The molecule has 1 heterocycles. The van der Waals surface area contributed by atoms with Crippen LogP contribution < -0.4 is 10.1 Å². The third-order valence-corrected chi connectivity index (χ3v) is 3.91. The third-order valence-electron chi connectivity index (χ3n) is 3.09. The Kier molecular flexibility index (Phi) is 5.83. The quantitative estimate of drug-likeness (QED) is 0.790. The fourth-order valence-corrected chi connectivity index (χ4v) is 2.24. The number of nitrogens with zero attached hydrogens (tertiary/aromatic N) is 2. The molecule has 118 valence electrons. The molecule has 0 bridgehead atoms. The smallest absolute Gasteiger partial charge is 0.277 e. The van der Waals surface area contributed by atoms with Crippen molar-refractivity contribution in [1.29, 1.82) is 0 Å². The van der Waals surface area contributed by atoms with E-state index in [1.165, 1.54) is 11.8 Å². The van der Waals surface area contributed by atoms with Crippen molar-refractivity contribution in [2.24, 2.45) is 0 Å². The average Bonchev–Trinajstić information content (AvgIpc) is 3.02. The summed E-state index contributed by atoms with van der Waals surface area (Å²) in [5, 5.41) is 11.2. The number of carbonyl (C=O) groups is 1. The van der Waals surface area contributed by atoms with Crippen molar-refractivity contribution in [3.05, 3.63) is 24.3 Å². The second kappa shape index (κ2) is 7.84. The van der Waals surface area contributed by atoms with Crippen LogP contribution in [0.2, 0.25) is 0 Å². The van der Waals surface area contributed by atoms with Crippen molar-refractivity contribution < 1.29 is 13.9 Å². The molecule has 0 aliphatic carbocycles. The second-order valence-corrected chi connectivity index (χ2v) is 5.69. The Hall–Kier alpha value is -2.02. The summed E-state index contributed by atoms with van der Waals surface area (Å²) in [6.07, 6.45) is 0.901. The zero-order valence-electron chi connectivity index (χ0n) is 12.8. The van der Waals surface area contributed by atoms with Crippen LogP contribution in [0.3, 0.4) is 0 Å². The van der Waals surface area contributed by atoms with Crippen LogP contribution in [-0.4, -0.2) is 35.0 Å². The van der Waals surface area contributed by atoms with Gasteiger partial charge in [-0.15, -0.1) is 10.2 Å². The molecule has 0 aliphatic heterocycles. The molecule has 2 aromatic rings.